The maximum atomic E-state index is 5.50. The minimum absolute atomic E-state index is 0. The number of halogens is 1. The van der Waals surface area contributed by atoms with Crippen LogP contribution in [0.2, 0.25) is 0 Å². The van der Waals surface area contributed by atoms with E-state index in [1.807, 2.05) is 48.9 Å². The zero-order valence-electron chi connectivity index (χ0n) is 17.4. The van der Waals surface area contributed by atoms with Crippen LogP contribution in [-0.2, 0) is 6.54 Å². The lowest BCUT2D eigenvalue weighted by Crippen LogP contribution is -2.49. The van der Waals surface area contributed by atoms with Crippen molar-refractivity contribution in [2.75, 3.05) is 19.6 Å². The third-order valence-electron chi connectivity index (χ3n) is 5.47. The van der Waals surface area contributed by atoms with Gasteiger partial charge in [0.2, 0.25) is 0 Å². The minimum atomic E-state index is 0. The van der Waals surface area contributed by atoms with Crippen molar-refractivity contribution in [3.8, 4) is 11.3 Å². The largest absolute Gasteiger partial charge is 0.357 e. The van der Waals surface area contributed by atoms with E-state index in [0.29, 0.717) is 18.5 Å². The van der Waals surface area contributed by atoms with Gasteiger partial charge in [0.05, 0.1) is 18.9 Å². The number of hydrogen-bond acceptors (Lipinski definition) is 4. The molecule has 0 bridgehead atoms. The number of rotatable bonds is 5. The maximum absolute atomic E-state index is 5.50. The number of nitrogens with one attached hydrogen (secondary N) is 1. The van der Waals surface area contributed by atoms with Gasteiger partial charge in [-0.25, -0.2) is 9.98 Å². The van der Waals surface area contributed by atoms with Crippen molar-refractivity contribution < 1.29 is 4.52 Å². The molecule has 30 heavy (non-hydrogen) atoms. The summed E-state index contributed by atoms with van der Waals surface area (Å²) in [7, 11) is 0. The van der Waals surface area contributed by atoms with Gasteiger partial charge < -0.3 is 19.3 Å². The normalized spacial score (nSPS) is 19.4. The van der Waals surface area contributed by atoms with Crippen LogP contribution in [0.3, 0.4) is 0 Å². The Morgan fingerprint density at radius 1 is 1.30 bits per heavy atom. The molecular weight excluding hydrogens is 491 g/mol. The monoisotopic (exact) mass is 520 g/mol. The summed E-state index contributed by atoms with van der Waals surface area (Å²) in [6.07, 6.45) is 6.93. The Balaban J connectivity index is 0.00000256. The van der Waals surface area contributed by atoms with E-state index in [-0.39, 0.29) is 24.0 Å². The first-order valence-electron chi connectivity index (χ1n) is 10.3. The number of aliphatic imine (C=N–C) groups is 1. The van der Waals surface area contributed by atoms with E-state index >= 15 is 0 Å². The Morgan fingerprint density at radius 2 is 2.13 bits per heavy atom. The predicted octanol–water partition coefficient (Wildman–Crippen LogP) is 4.20. The van der Waals surface area contributed by atoms with E-state index < -0.39 is 0 Å². The van der Waals surface area contributed by atoms with Gasteiger partial charge in [-0.2, -0.15) is 0 Å². The van der Waals surface area contributed by atoms with Crippen molar-refractivity contribution in [3.05, 3.63) is 60.8 Å². The second-order valence-electron chi connectivity index (χ2n) is 7.51. The van der Waals surface area contributed by atoms with Gasteiger partial charge in [0, 0.05) is 43.7 Å². The highest BCUT2D eigenvalue weighted by Crippen LogP contribution is 2.27. The van der Waals surface area contributed by atoms with Crippen molar-refractivity contribution in [1.82, 2.24) is 24.9 Å². The Kier molecular flexibility index (Phi) is 7.89. The highest BCUT2D eigenvalue weighted by Gasteiger charge is 2.28. The molecule has 7 nitrogen and oxygen atoms in total. The molecule has 1 fully saturated rings. The molecule has 2 atom stereocenters. The molecule has 0 spiro atoms. The molecule has 0 saturated carbocycles. The lowest BCUT2D eigenvalue weighted by atomic mass is 9.93. The average Bonchev–Trinajstić information content (AvgIpc) is 3.45. The number of benzene rings is 1. The SMILES string of the molecule is CCNC(=NCc1cc(-c2ccccc2)on1)N1CCC(C)C(n2ccnc2)C1.I. The van der Waals surface area contributed by atoms with Crippen LogP contribution in [-0.4, -0.2) is 45.2 Å². The van der Waals surface area contributed by atoms with Crippen LogP contribution in [0.25, 0.3) is 11.3 Å². The number of nitrogens with zero attached hydrogens (tertiary/aromatic N) is 5. The van der Waals surface area contributed by atoms with Gasteiger partial charge in [0.25, 0.3) is 0 Å². The lowest BCUT2D eigenvalue weighted by Gasteiger charge is -2.39. The Morgan fingerprint density at radius 3 is 2.87 bits per heavy atom. The number of guanidine groups is 1. The predicted molar refractivity (Wildman–Crippen MR) is 129 cm³/mol. The van der Waals surface area contributed by atoms with E-state index in [2.05, 4.69) is 45.0 Å². The lowest BCUT2D eigenvalue weighted by molar-refractivity contribution is 0.189. The molecule has 2 unspecified atom stereocenters. The number of imidazole rings is 1. The molecule has 0 aliphatic carbocycles. The molecule has 160 valence electrons. The van der Waals surface area contributed by atoms with Gasteiger partial charge in [-0.1, -0.05) is 42.4 Å². The molecule has 1 N–H and O–H groups in total. The van der Waals surface area contributed by atoms with Gasteiger partial charge in [0.1, 0.15) is 5.69 Å². The molecule has 3 heterocycles. The summed E-state index contributed by atoms with van der Waals surface area (Å²) >= 11 is 0. The summed E-state index contributed by atoms with van der Waals surface area (Å²) in [6.45, 7) is 7.63. The highest BCUT2D eigenvalue weighted by atomic mass is 127. The van der Waals surface area contributed by atoms with Crippen LogP contribution >= 0.6 is 24.0 Å². The van der Waals surface area contributed by atoms with E-state index in [4.69, 9.17) is 9.52 Å². The second-order valence-corrected chi connectivity index (χ2v) is 7.51. The number of aromatic nitrogens is 3. The third kappa shape index (κ3) is 5.21. The smallest absolute Gasteiger partial charge is 0.194 e. The van der Waals surface area contributed by atoms with Crippen LogP contribution in [0.1, 0.15) is 32.0 Å². The topological polar surface area (TPSA) is 71.5 Å². The van der Waals surface area contributed by atoms with Crippen LogP contribution in [0.4, 0.5) is 0 Å². The summed E-state index contributed by atoms with van der Waals surface area (Å²) < 4.78 is 7.72. The molecule has 3 aromatic rings. The Bertz CT molecular complexity index is 924. The van der Waals surface area contributed by atoms with E-state index in [9.17, 15) is 0 Å². The average molecular weight is 520 g/mol. The van der Waals surface area contributed by atoms with Gasteiger partial charge in [-0.3, -0.25) is 0 Å². The fourth-order valence-corrected chi connectivity index (χ4v) is 3.80. The molecule has 0 radical (unpaired) electrons. The number of likely N-dealkylation sites (tertiary alicyclic amines) is 1. The van der Waals surface area contributed by atoms with Crippen LogP contribution < -0.4 is 5.32 Å². The Labute approximate surface area is 194 Å². The summed E-state index contributed by atoms with van der Waals surface area (Å²) in [6, 6.07) is 12.4. The van der Waals surface area contributed by atoms with Crippen molar-refractivity contribution in [3.63, 3.8) is 0 Å². The van der Waals surface area contributed by atoms with Gasteiger partial charge >= 0.3 is 0 Å². The van der Waals surface area contributed by atoms with Crippen LogP contribution in [0, 0.1) is 5.92 Å². The first-order chi connectivity index (χ1) is 14.2. The highest BCUT2D eigenvalue weighted by molar-refractivity contribution is 14.0. The molecule has 0 amide bonds. The van der Waals surface area contributed by atoms with Crippen molar-refractivity contribution in [2.24, 2.45) is 10.9 Å². The molecule has 1 aliphatic rings. The van der Waals surface area contributed by atoms with E-state index in [1.54, 1.807) is 0 Å². The van der Waals surface area contributed by atoms with E-state index in [1.165, 1.54) is 0 Å². The number of piperidine rings is 1. The molecular formula is C22H29IN6O. The van der Waals surface area contributed by atoms with Gasteiger partial charge in [0.15, 0.2) is 11.7 Å². The first-order valence-corrected chi connectivity index (χ1v) is 10.3. The summed E-state index contributed by atoms with van der Waals surface area (Å²) in [5.41, 5.74) is 1.85. The second kappa shape index (κ2) is 10.6. The fraction of sp³-hybridized carbons (Fsp3) is 0.409. The molecule has 4 rings (SSSR count). The summed E-state index contributed by atoms with van der Waals surface area (Å²) in [5.74, 6) is 2.30. The van der Waals surface area contributed by atoms with Crippen molar-refractivity contribution in [1.29, 1.82) is 0 Å². The fourth-order valence-electron chi connectivity index (χ4n) is 3.80. The zero-order chi connectivity index (χ0) is 20.1. The van der Waals surface area contributed by atoms with Gasteiger partial charge in [-0.05, 0) is 19.3 Å². The first kappa shape index (κ1) is 22.3. The van der Waals surface area contributed by atoms with E-state index in [0.717, 1.165) is 49.0 Å². The van der Waals surface area contributed by atoms with Crippen molar-refractivity contribution >= 4 is 29.9 Å². The van der Waals surface area contributed by atoms with Crippen LogP contribution in [0.15, 0.2) is 64.6 Å². The third-order valence-corrected chi connectivity index (χ3v) is 5.47. The molecule has 2 aromatic heterocycles. The summed E-state index contributed by atoms with van der Waals surface area (Å²) in [5, 5.41) is 7.63. The zero-order valence-corrected chi connectivity index (χ0v) is 19.8. The minimum Gasteiger partial charge on any atom is -0.357 e. The van der Waals surface area contributed by atoms with Gasteiger partial charge in [-0.15, -0.1) is 24.0 Å². The number of hydrogen-bond donors (Lipinski definition) is 1. The molecule has 1 saturated heterocycles. The summed E-state index contributed by atoms with van der Waals surface area (Å²) in [4.78, 5) is 11.4. The molecule has 1 aromatic carbocycles. The van der Waals surface area contributed by atoms with Crippen molar-refractivity contribution in [2.45, 2.75) is 32.9 Å². The standard InChI is InChI=1S/C22H28N6O.HI/c1-3-24-22(27-11-9-17(2)20(15-27)28-12-10-23-16-28)25-14-19-13-21(29-26-19)18-7-5-4-6-8-18;/h4-8,10,12-13,16-17,20H,3,9,11,14-15H2,1-2H3,(H,24,25);1H. The van der Waals surface area contributed by atoms with Crippen LogP contribution in [0.5, 0.6) is 0 Å². The molecule has 1 aliphatic heterocycles. The maximum Gasteiger partial charge on any atom is 0.194 e. The quantitative estimate of drug-likeness (QED) is 0.310. The Hall–Kier alpha value is -2.36. The molecule has 8 heteroatoms.